The molecule has 1 saturated heterocycles. The number of amides is 1. The smallest absolute Gasteiger partial charge is 0.289 e. The summed E-state index contributed by atoms with van der Waals surface area (Å²) in [5, 5.41) is 4.71. The Labute approximate surface area is 171 Å². The number of para-hydroxylation sites is 1. The van der Waals surface area contributed by atoms with Crippen molar-refractivity contribution in [2.45, 2.75) is 13.5 Å². The van der Waals surface area contributed by atoms with Crippen molar-refractivity contribution in [1.82, 2.24) is 19.9 Å². The van der Waals surface area contributed by atoms with Gasteiger partial charge in [-0.15, -0.1) is 11.3 Å². The van der Waals surface area contributed by atoms with Gasteiger partial charge in [-0.2, -0.15) is 0 Å². The van der Waals surface area contributed by atoms with E-state index in [4.69, 9.17) is 8.94 Å². The van der Waals surface area contributed by atoms with Gasteiger partial charge in [-0.25, -0.2) is 4.98 Å². The van der Waals surface area contributed by atoms with E-state index in [1.54, 1.807) is 17.4 Å². The highest BCUT2D eigenvalue weighted by molar-refractivity contribution is 7.21. The molecule has 148 valence electrons. The number of fused-ring (bicyclic) bond motifs is 1. The number of aromatic nitrogens is 2. The fourth-order valence-electron chi connectivity index (χ4n) is 3.52. The van der Waals surface area contributed by atoms with Crippen LogP contribution in [0, 0.1) is 6.92 Å². The quantitative estimate of drug-likeness (QED) is 0.511. The first-order chi connectivity index (χ1) is 14.2. The van der Waals surface area contributed by atoms with Gasteiger partial charge in [0.05, 0.1) is 22.5 Å². The molecule has 0 saturated carbocycles. The van der Waals surface area contributed by atoms with E-state index in [1.165, 1.54) is 0 Å². The summed E-state index contributed by atoms with van der Waals surface area (Å²) >= 11 is 1.56. The molecule has 0 N–H and O–H groups in total. The molecule has 1 aliphatic heterocycles. The number of rotatable bonds is 4. The van der Waals surface area contributed by atoms with Crippen LogP contribution in [0.25, 0.3) is 21.0 Å². The van der Waals surface area contributed by atoms with Crippen LogP contribution in [0.3, 0.4) is 0 Å². The molecule has 3 aromatic heterocycles. The summed E-state index contributed by atoms with van der Waals surface area (Å²) in [5.41, 5.74) is 1.82. The second-order valence-electron chi connectivity index (χ2n) is 7.15. The number of piperazine rings is 1. The predicted octanol–water partition coefficient (Wildman–Crippen LogP) is 3.81. The van der Waals surface area contributed by atoms with Crippen molar-refractivity contribution in [3.8, 4) is 10.8 Å². The number of benzene rings is 1. The third-order valence-corrected chi connectivity index (χ3v) is 6.09. The van der Waals surface area contributed by atoms with Gasteiger partial charge >= 0.3 is 0 Å². The first kappa shape index (κ1) is 18.1. The van der Waals surface area contributed by atoms with E-state index in [2.05, 4.69) is 15.0 Å². The van der Waals surface area contributed by atoms with E-state index in [-0.39, 0.29) is 5.91 Å². The minimum atomic E-state index is -0.0764. The Morgan fingerprint density at radius 2 is 1.97 bits per heavy atom. The topological polar surface area (TPSA) is 75.6 Å². The van der Waals surface area contributed by atoms with Crippen LogP contribution in [0.2, 0.25) is 0 Å². The van der Waals surface area contributed by atoms with Crippen molar-refractivity contribution in [2.24, 2.45) is 0 Å². The van der Waals surface area contributed by atoms with Crippen LogP contribution in [0.1, 0.15) is 22.0 Å². The summed E-state index contributed by atoms with van der Waals surface area (Å²) in [5.74, 6) is 1.77. The molecule has 29 heavy (non-hydrogen) atoms. The number of carbonyl (C=O) groups excluding carboxylic acids is 1. The molecule has 0 aliphatic carbocycles. The van der Waals surface area contributed by atoms with E-state index in [0.717, 1.165) is 39.8 Å². The normalized spacial score (nSPS) is 15.3. The molecule has 0 bridgehead atoms. The van der Waals surface area contributed by atoms with Crippen molar-refractivity contribution in [3.05, 3.63) is 59.7 Å². The van der Waals surface area contributed by atoms with Gasteiger partial charge in [-0.05, 0) is 31.2 Å². The highest BCUT2D eigenvalue weighted by atomic mass is 32.1. The number of furan rings is 1. The number of hydrogen-bond donors (Lipinski definition) is 0. The zero-order valence-corrected chi connectivity index (χ0v) is 16.8. The summed E-state index contributed by atoms with van der Waals surface area (Å²) in [6.07, 6.45) is 0. The average Bonchev–Trinajstić information content (AvgIpc) is 3.47. The van der Waals surface area contributed by atoms with Gasteiger partial charge in [0.25, 0.3) is 5.91 Å². The van der Waals surface area contributed by atoms with E-state index in [9.17, 15) is 4.79 Å². The molecular formula is C21H20N4O3S. The highest BCUT2D eigenvalue weighted by Gasteiger charge is 2.25. The molecule has 1 aliphatic rings. The maximum absolute atomic E-state index is 12.9. The molecule has 0 unspecified atom stereocenters. The SMILES string of the molecule is Cc1cc(CN2CCN(C(=O)c3ccc(-c4nc5ccccc5s4)o3)CC2)on1. The molecule has 1 amide bonds. The molecule has 4 heterocycles. The zero-order chi connectivity index (χ0) is 19.8. The van der Waals surface area contributed by atoms with Gasteiger partial charge in [-0.3, -0.25) is 9.69 Å². The van der Waals surface area contributed by atoms with Crippen molar-refractivity contribution in [3.63, 3.8) is 0 Å². The van der Waals surface area contributed by atoms with Gasteiger partial charge in [0, 0.05) is 32.2 Å². The Balaban J connectivity index is 1.23. The lowest BCUT2D eigenvalue weighted by atomic mass is 10.2. The van der Waals surface area contributed by atoms with Crippen molar-refractivity contribution < 1.29 is 13.7 Å². The largest absolute Gasteiger partial charge is 0.448 e. The molecule has 1 aromatic carbocycles. The molecule has 0 spiro atoms. The summed E-state index contributed by atoms with van der Waals surface area (Å²) < 4.78 is 12.2. The second kappa shape index (κ2) is 7.46. The van der Waals surface area contributed by atoms with Crippen molar-refractivity contribution in [1.29, 1.82) is 0 Å². The van der Waals surface area contributed by atoms with Crippen molar-refractivity contribution >= 4 is 27.5 Å². The minimum absolute atomic E-state index is 0.0764. The number of carbonyl (C=O) groups is 1. The monoisotopic (exact) mass is 408 g/mol. The van der Waals surface area contributed by atoms with Crippen LogP contribution in [0.15, 0.2) is 51.4 Å². The molecule has 8 heteroatoms. The summed E-state index contributed by atoms with van der Waals surface area (Å²) in [4.78, 5) is 21.6. The zero-order valence-electron chi connectivity index (χ0n) is 16.0. The van der Waals surface area contributed by atoms with Gasteiger partial charge in [-0.1, -0.05) is 17.3 Å². The van der Waals surface area contributed by atoms with Crippen LogP contribution < -0.4 is 0 Å². The Morgan fingerprint density at radius 3 is 2.72 bits per heavy atom. The Hall–Kier alpha value is -2.97. The van der Waals surface area contributed by atoms with Crippen molar-refractivity contribution in [2.75, 3.05) is 26.2 Å². The van der Waals surface area contributed by atoms with E-state index in [0.29, 0.717) is 31.2 Å². The minimum Gasteiger partial charge on any atom is -0.448 e. The lowest BCUT2D eigenvalue weighted by Crippen LogP contribution is -2.48. The molecule has 0 radical (unpaired) electrons. The Bertz CT molecular complexity index is 1120. The van der Waals surface area contributed by atoms with E-state index < -0.39 is 0 Å². The number of nitrogens with zero attached hydrogens (tertiary/aromatic N) is 4. The number of hydrogen-bond acceptors (Lipinski definition) is 7. The predicted molar refractivity (Wildman–Crippen MR) is 110 cm³/mol. The fraction of sp³-hybridized carbons (Fsp3) is 0.286. The Morgan fingerprint density at radius 1 is 1.14 bits per heavy atom. The van der Waals surface area contributed by atoms with Gasteiger partial charge < -0.3 is 13.8 Å². The van der Waals surface area contributed by atoms with Crippen LogP contribution in [-0.2, 0) is 6.54 Å². The summed E-state index contributed by atoms with van der Waals surface area (Å²) in [6, 6.07) is 13.5. The second-order valence-corrected chi connectivity index (χ2v) is 8.18. The number of aryl methyl sites for hydroxylation is 1. The highest BCUT2D eigenvalue weighted by Crippen LogP contribution is 2.31. The molecule has 7 nitrogen and oxygen atoms in total. The van der Waals surface area contributed by atoms with Crippen LogP contribution >= 0.6 is 11.3 Å². The van der Waals surface area contributed by atoms with Crippen LogP contribution in [-0.4, -0.2) is 52.0 Å². The maximum atomic E-state index is 12.9. The maximum Gasteiger partial charge on any atom is 0.289 e. The lowest BCUT2D eigenvalue weighted by Gasteiger charge is -2.33. The third-order valence-electron chi connectivity index (χ3n) is 5.04. The molecule has 4 aromatic rings. The first-order valence-electron chi connectivity index (χ1n) is 9.55. The standard InChI is InChI=1S/C21H20N4O3S/c1-14-12-15(28-23-14)13-24-8-10-25(11-9-24)21(26)18-7-6-17(27-18)20-22-16-4-2-3-5-19(16)29-20/h2-7,12H,8-11,13H2,1H3. The average molecular weight is 408 g/mol. The summed E-state index contributed by atoms with van der Waals surface area (Å²) in [7, 11) is 0. The Kier molecular flexibility index (Phi) is 4.65. The first-order valence-corrected chi connectivity index (χ1v) is 10.4. The fourth-order valence-corrected chi connectivity index (χ4v) is 4.45. The van der Waals surface area contributed by atoms with Gasteiger partial charge in [0.15, 0.2) is 22.3 Å². The number of thiazole rings is 1. The molecule has 1 fully saturated rings. The van der Waals surface area contributed by atoms with Crippen LogP contribution in [0.5, 0.6) is 0 Å². The molecule has 5 rings (SSSR count). The van der Waals surface area contributed by atoms with Gasteiger partial charge in [0.2, 0.25) is 0 Å². The lowest BCUT2D eigenvalue weighted by molar-refractivity contribution is 0.0588. The molecular weight excluding hydrogens is 388 g/mol. The molecule has 0 atom stereocenters. The van der Waals surface area contributed by atoms with E-state index >= 15 is 0 Å². The van der Waals surface area contributed by atoms with Crippen LogP contribution in [0.4, 0.5) is 0 Å². The van der Waals surface area contributed by atoms with E-state index in [1.807, 2.05) is 48.2 Å². The van der Waals surface area contributed by atoms with Gasteiger partial charge in [0.1, 0.15) is 0 Å². The summed E-state index contributed by atoms with van der Waals surface area (Å²) in [6.45, 7) is 5.51. The third kappa shape index (κ3) is 3.68.